The van der Waals surface area contributed by atoms with Gasteiger partial charge in [0.05, 0.1) is 4.90 Å². The van der Waals surface area contributed by atoms with Gasteiger partial charge in [0.1, 0.15) is 11.7 Å². The number of nitrogens with one attached hydrogen (secondary N) is 2. The molecule has 0 saturated heterocycles. The summed E-state index contributed by atoms with van der Waals surface area (Å²) in [6.07, 6.45) is -1.24. The van der Waals surface area contributed by atoms with Crippen molar-refractivity contribution in [3.63, 3.8) is 0 Å². The molecule has 0 aliphatic carbocycles. The molecular weight excluding hydrogens is 424 g/mol. The van der Waals surface area contributed by atoms with Crippen LogP contribution in [0.15, 0.2) is 46.8 Å². The summed E-state index contributed by atoms with van der Waals surface area (Å²) in [6, 6.07) is 5.93. The zero-order valence-electron chi connectivity index (χ0n) is 15.3. The molecule has 0 spiro atoms. The van der Waals surface area contributed by atoms with Gasteiger partial charge in [-0.1, -0.05) is 0 Å². The Hall–Kier alpha value is -2.86. The van der Waals surface area contributed by atoms with Crippen molar-refractivity contribution in [2.75, 3.05) is 10.0 Å². The summed E-state index contributed by atoms with van der Waals surface area (Å²) < 4.78 is 53.8. The average molecular weight is 441 g/mol. The van der Waals surface area contributed by atoms with E-state index in [1.54, 1.807) is 12.3 Å². The lowest BCUT2D eigenvalue weighted by molar-refractivity contribution is -0.119. The van der Waals surface area contributed by atoms with E-state index in [1.807, 2.05) is 0 Å². The number of hydrogen-bond donors (Lipinski definition) is 2. The van der Waals surface area contributed by atoms with Crippen molar-refractivity contribution in [3.05, 3.63) is 53.3 Å². The lowest BCUT2D eigenvalue weighted by Gasteiger charge is -2.15. The number of aromatic nitrogens is 3. The number of thiazole rings is 1. The van der Waals surface area contributed by atoms with Gasteiger partial charge in [0.2, 0.25) is 5.91 Å². The van der Waals surface area contributed by atoms with Crippen LogP contribution >= 0.6 is 11.3 Å². The minimum absolute atomic E-state index is 0.00300. The van der Waals surface area contributed by atoms with E-state index in [4.69, 9.17) is 0 Å². The third-order valence-corrected chi connectivity index (χ3v) is 6.17. The van der Waals surface area contributed by atoms with Crippen LogP contribution in [0, 0.1) is 6.92 Å². The topological polar surface area (TPSA) is 106 Å². The van der Waals surface area contributed by atoms with Crippen LogP contribution in [-0.4, -0.2) is 29.1 Å². The fraction of sp³-hybridized carbons (Fsp3) is 0.235. The normalized spacial score (nSPS) is 12.7. The number of rotatable bonds is 7. The van der Waals surface area contributed by atoms with E-state index in [1.165, 1.54) is 48.1 Å². The first-order valence-electron chi connectivity index (χ1n) is 8.35. The minimum atomic E-state index is -3.80. The smallest absolute Gasteiger partial charge is 0.282 e. The SMILES string of the molecule is Cc1cc(C(F)F)nn1C(C)C(=O)Nc1ccc(S(=O)(=O)Nc2nccs2)cc1. The van der Waals surface area contributed by atoms with Crippen molar-refractivity contribution >= 4 is 38.1 Å². The van der Waals surface area contributed by atoms with E-state index in [0.29, 0.717) is 11.4 Å². The number of benzene rings is 1. The molecule has 12 heteroatoms. The third-order valence-electron chi connectivity index (χ3n) is 4.00. The van der Waals surface area contributed by atoms with Gasteiger partial charge in [-0.15, -0.1) is 11.3 Å². The predicted octanol–water partition coefficient (Wildman–Crippen LogP) is 3.59. The van der Waals surface area contributed by atoms with Crippen molar-refractivity contribution in [1.82, 2.24) is 14.8 Å². The van der Waals surface area contributed by atoms with Crippen LogP contribution in [-0.2, 0) is 14.8 Å². The van der Waals surface area contributed by atoms with Crippen molar-refractivity contribution in [2.24, 2.45) is 0 Å². The molecule has 2 N–H and O–H groups in total. The number of carbonyl (C=O) groups is 1. The molecule has 0 aliphatic rings. The Morgan fingerprint density at radius 2 is 1.93 bits per heavy atom. The number of amides is 1. The first-order valence-corrected chi connectivity index (χ1v) is 10.7. The van der Waals surface area contributed by atoms with E-state index < -0.39 is 34.1 Å². The van der Waals surface area contributed by atoms with Crippen LogP contribution < -0.4 is 10.0 Å². The maximum atomic E-state index is 12.8. The number of sulfonamides is 1. The largest absolute Gasteiger partial charge is 0.324 e. The van der Waals surface area contributed by atoms with Crippen LogP contribution in [0.25, 0.3) is 0 Å². The zero-order chi connectivity index (χ0) is 21.2. The van der Waals surface area contributed by atoms with E-state index in [0.717, 1.165) is 11.3 Å². The van der Waals surface area contributed by atoms with E-state index in [-0.39, 0.29) is 10.0 Å². The highest BCUT2D eigenvalue weighted by molar-refractivity contribution is 7.93. The van der Waals surface area contributed by atoms with E-state index >= 15 is 0 Å². The molecule has 1 atom stereocenters. The lowest BCUT2D eigenvalue weighted by atomic mass is 10.2. The van der Waals surface area contributed by atoms with Gasteiger partial charge in [-0.25, -0.2) is 22.2 Å². The van der Waals surface area contributed by atoms with Gasteiger partial charge in [-0.2, -0.15) is 5.10 Å². The Kier molecular flexibility index (Phi) is 5.94. The zero-order valence-corrected chi connectivity index (χ0v) is 17.0. The Morgan fingerprint density at radius 3 is 2.48 bits per heavy atom. The Labute approximate surface area is 169 Å². The number of hydrogen-bond acceptors (Lipinski definition) is 6. The molecule has 0 aliphatic heterocycles. The Balaban J connectivity index is 1.70. The molecule has 29 heavy (non-hydrogen) atoms. The molecule has 1 unspecified atom stereocenters. The second-order valence-corrected chi connectivity index (χ2v) is 8.67. The highest BCUT2D eigenvalue weighted by Crippen LogP contribution is 2.22. The lowest BCUT2D eigenvalue weighted by Crippen LogP contribution is -2.25. The van der Waals surface area contributed by atoms with Gasteiger partial charge < -0.3 is 5.32 Å². The Bertz CT molecular complexity index is 1100. The van der Waals surface area contributed by atoms with Crippen molar-refractivity contribution < 1.29 is 22.0 Å². The monoisotopic (exact) mass is 441 g/mol. The average Bonchev–Trinajstić information content (AvgIpc) is 3.30. The molecule has 0 radical (unpaired) electrons. The predicted molar refractivity (Wildman–Crippen MR) is 105 cm³/mol. The maximum Gasteiger partial charge on any atom is 0.282 e. The maximum absolute atomic E-state index is 12.8. The van der Waals surface area contributed by atoms with Crippen LogP contribution in [0.5, 0.6) is 0 Å². The molecule has 3 aromatic rings. The number of aryl methyl sites for hydroxylation is 1. The molecule has 0 fully saturated rings. The number of halogens is 2. The summed E-state index contributed by atoms with van der Waals surface area (Å²) in [5.74, 6) is -0.478. The summed E-state index contributed by atoms with van der Waals surface area (Å²) in [4.78, 5) is 16.3. The Morgan fingerprint density at radius 1 is 1.24 bits per heavy atom. The summed E-state index contributed by atoms with van der Waals surface area (Å²) >= 11 is 1.15. The molecule has 2 aromatic heterocycles. The fourth-order valence-corrected chi connectivity index (χ4v) is 4.32. The fourth-order valence-electron chi connectivity index (χ4n) is 2.53. The molecule has 3 rings (SSSR count). The standard InChI is InChI=1S/C17H17F2N5O3S2/c1-10-9-14(15(18)19)22-24(10)11(2)16(25)21-12-3-5-13(6-4-12)29(26,27)23-17-20-7-8-28-17/h3-9,11,15H,1-2H3,(H,20,23)(H,21,25). The van der Waals surface area contributed by atoms with Gasteiger partial charge in [0.25, 0.3) is 16.4 Å². The molecule has 1 aromatic carbocycles. The van der Waals surface area contributed by atoms with Crippen LogP contribution in [0.3, 0.4) is 0 Å². The number of alkyl halides is 2. The molecule has 154 valence electrons. The second kappa shape index (κ2) is 8.25. The van der Waals surface area contributed by atoms with Gasteiger partial charge in [-0.3, -0.25) is 14.2 Å². The highest BCUT2D eigenvalue weighted by Gasteiger charge is 2.22. The van der Waals surface area contributed by atoms with Gasteiger partial charge in [0.15, 0.2) is 5.13 Å². The summed E-state index contributed by atoms with van der Waals surface area (Å²) in [5, 5.41) is 8.27. The second-order valence-electron chi connectivity index (χ2n) is 6.09. The summed E-state index contributed by atoms with van der Waals surface area (Å²) in [7, 11) is -3.80. The number of carbonyl (C=O) groups excluding carboxylic acids is 1. The van der Waals surface area contributed by atoms with Crippen LogP contribution in [0.2, 0.25) is 0 Å². The molecule has 0 bridgehead atoms. The molecule has 8 nitrogen and oxygen atoms in total. The summed E-state index contributed by atoms with van der Waals surface area (Å²) in [6.45, 7) is 3.11. The molecular formula is C17H17F2N5O3S2. The number of anilines is 2. The molecule has 0 saturated carbocycles. The van der Waals surface area contributed by atoms with Crippen molar-refractivity contribution in [2.45, 2.75) is 31.2 Å². The molecule has 1 amide bonds. The first-order chi connectivity index (χ1) is 13.7. The number of nitrogens with zero attached hydrogens (tertiary/aromatic N) is 3. The van der Waals surface area contributed by atoms with Gasteiger partial charge >= 0.3 is 0 Å². The van der Waals surface area contributed by atoms with Crippen molar-refractivity contribution in [1.29, 1.82) is 0 Å². The third kappa shape index (κ3) is 4.77. The molecule has 2 heterocycles. The first kappa shape index (κ1) is 20.9. The summed E-state index contributed by atoms with van der Waals surface area (Å²) in [5.41, 5.74) is 0.385. The minimum Gasteiger partial charge on any atom is -0.324 e. The van der Waals surface area contributed by atoms with Gasteiger partial charge in [0, 0.05) is 23.0 Å². The van der Waals surface area contributed by atoms with E-state index in [9.17, 15) is 22.0 Å². The van der Waals surface area contributed by atoms with Crippen molar-refractivity contribution in [3.8, 4) is 0 Å². The van der Waals surface area contributed by atoms with Crippen LogP contribution in [0.1, 0.15) is 30.8 Å². The quantitative estimate of drug-likeness (QED) is 0.583. The van der Waals surface area contributed by atoms with Crippen LogP contribution in [0.4, 0.5) is 19.6 Å². The van der Waals surface area contributed by atoms with Gasteiger partial charge in [-0.05, 0) is 44.2 Å². The highest BCUT2D eigenvalue weighted by atomic mass is 32.2. The van der Waals surface area contributed by atoms with E-state index in [2.05, 4.69) is 20.1 Å².